The molecule has 5 N–H and O–H groups in total. The number of nitrogens with two attached hydrogens (primary N) is 1. The molecule has 2 atom stereocenters. The van der Waals surface area contributed by atoms with Gasteiger partial charge in [-0.15, -0.1) is 0 Å². The van der Waals surface area contributed by atoms with Gasteiger partial charge in [-0.3, -0.25) is 20.3 Å². The summed E-state index contributed by atoms with van der Waals surface area (Å²) in [5.41, 5.74) is 6.07. The highest BCUT2D eigenvalue weighted by Gasteiger charge is 2.41. The van der Waals surface area contributed by atoms with Gasteiger partial charge in [-0.25, -0.2) is 14.6 Å². The maximum atomic E-state index is 13.4. The van der Waals surface area contributed by atoms with Crippen LogP contribution in [0, 0.1) is 17.2 Å². The number of guanidine groups is 1. The van der Waals surface area contributed by atoms with Gasteiger partial charge in [0.25, 0.3) is 0 Å². The smallest absolute Gasteiger partial charge is 0.414 e. The van der Waals surface area contributed by atoms with Gasteiger partial charge >= 0.3 is 12.1 Å². The maximum absolute atomic E-state index is 13.4. The molecule has 11 heteroatoms. The first-order valence-corrected chi connectivity index (χ1v) is 12.8. The Morgan fingerprint density at radius 1 is 1.08 bits per heavy atom. The van der Waals surface area contributed by atoms with Crippen molar-refractivity contribution in [1.82, 2.24) is 20.9 Å². The molecule has 1 heterocycles. The predicted octanol–water partition coefficient (Wildman–Crippen LogP) is 2.64. The van der Waals surface area contributed by atoms with Gasteiger partial charge in [0.1, 0.15) is 18.2 Å². The second-order valence-electron chi connectivity index (χ2n) is 9.93. The summed E-state index contributed by atoms with van der Waals surface area (Å²) in [6.45, 7) is 5.49. The molecule has 2 unspecified atom stereocenters. The quantitative estimate of drug-likeness (QED) is 0.286. The SMILES string of the molecule is CC(C)CC(N=C(NC(N)=O)NC(=O)OCc1ccccc1)C(=O)NC1(C#N)CCN(Cc2ccccc2)C1. The molecule has 39 heavy (non-hydrogen) atoms. The summed E-state index contributed by atoms with van der Waals surface area (Å²) >= 11 is 0. The summed E-state index contributed by atoms with van der Waals surface area (Å²) in [4.78, 5) is 43.8. The number of amides is 4. The van der Waals surface area contributed by atoms with Gasteiger partial charge in [0.05, 0.1) is 6.07 Å². The van der Waals surface area contributed by atoms with Crippen LogP contribution in [0.4, 0.5) is 9.59 Å². The molecule has 0 saturated carbocycles. The Labute approximate surface area is 228 Å². The zero-order chi connectivity index (χ0) is 28.3. The highest BCUT2D eigenvalue weighted by Crippen LogP contribution is 2.23. The highest BCUT2D eigenvalue weighted by molar-refractivity contribution is 6.03. The van der Waals surface area contributed by atoms with Crippen LogP contribution >= 0.6 is 0 Å². The lowest BCUT2D eigenvalue weighted by Crippen LogP contribution is -2.53. The molecule has 4 amide bonds. The second kappa shape index (κ2) is 13.9. The number of hydrogen-bond acceptors (Lipinski definition) is 7. The van der Waals surface area contributed by atoms with Crippen LogP contribution in [-0.4, -0.2) is 53.6 Å². The van der Waals surface area contributed by atoms with Crippen LogP contribution in [0.1, 0.15) is 37.8 Å². The van der Waals surface area contributed by atoms with E-state index in [0.717, 1.165) is 11.1 Å². The van der Waals surface area contributed by atoms with E-state index >= 15 is 0 Å². The molecule has 3 rings (SSSR count). The van der Waals surface area contributed by atoms with Gasteiger partial charge in [0.15, 0.2) is 0 Å². The van der Waals surface area contributed by atoms with Gasteiger partial charge in [0, 0.05) is 19.6 Å². The number of likely N-dealkylation sites (tertiary alicyclic amines) is 1. The molecule has 11 nitrogen and oxygen atoms in total. The van der Waals surface area contributed by atoms with Crippen LogP contribution in [0.15, 0.2) is 65.7 Å². The van der Waals surface area contributed by atoms with Gasteiger partial charge in [0.2, 0.25) is 11.9 Å². The van der Waals surface area contributed by atoms with Gasteiger partial charge in [-0.1, -0.05) is 74.5 Å². The summed E-state index contributed by atoms with van der Waals surface area (Å²) < 4.78 is 5.19. The van der Waals surface area contributed by atoms with Gasteiger partial charge < -0.3 is 15.8 Å². The largest absolute Gasteiger partial charge is 0.444 e. The number of carbonyl (C=O) groups is 3. The summed E-state index contributed by atoms with van der Waals surface area (Å²) in [5.74, 6) is -0.764. The van der Waals surface area contributed by atoms with Crippen LogP contribution in [0.5, 0.6) is 0 Å². The third kappa shape index (κ3) is 9.43. The lowest BCUT2D eigenvalue weighted by atomic mass is 9.98. The van der Waals surface area contributed by atoms with Crippen molar-refractivity contribution in [3.05, 3.63) is 71.8 Å². The van der Waals surface area contributed by atoms with E-state index in [4.69, 9.17) is 10.5 Å². The molecular formula is C28H35N7O4. The Kier molecular flexibility index (Phi) is 10.4. The van der Waals surface area contributed by atoms with E-state index in [0.29, 0.717) is 32.5 Å². The average molecular weight is 534 g/mol. The Hall–Kier alpha value is -4.43. The van der Waals surface area contributed by atoms with E-state index in [1.165, 1.54) is 0 Å². The first-order valence-electron chi connectivity index (χ1n) is 12.8. The van der Waals surface area contributed by atoms with Crippen molar-refractivity contribution in [3.8, 4) is 6.07 Å². The Bertz CT molecular complexity index is 1200. The molecular weight excluding hydrogens is 498 g/mol. The molecule has 0 aromatic heterocycles. The first kappa shape index (κ1) is 29.1. The summed E-state index contributed by atoms with van der Waals surface area (Å²) in [7, 11) is 0. The van der Waals surface area contributed by atoms with Crippen molar-refractivity contribution in [2.45, 2.75) is 51.4 Å². The number of carbonyl (C=O) groups excluding carboxylic acids is 3. The summed E-state index contributed by atoms with van der Waals surface area (Å²) in [5, 5.41) is 17.5. The summed E-state index contributed by atoms with van der Waals surface area (Å²) in [6, 6.07) is 19.3. The molecule has 0 aliphatic carbocycles. The number of ether oxygens (including phenoxy) is 1. The molecule has 1 saturated heterocycles. The third-order valence-electron chi connectivity index (χ3n) is 6.13. The fraction of sp³-hybridized carbons (Fsp3) is 0.393. The standard InChI is InChI=1S/C28H35N7O4/c1-20(2)15-23(31-26(32-25(30)37)33-27(38)39-17-22-11-7-4-8-12-22)24(36)34-28(18-29)13-14-35(19-28)16-21-9-5-3-6-10-21/h3-12,20,23H,13-17,19H2,1-2H3,(H,34,36)(H4,30,31,32,33,37,38). The van der Waals surface area contributed by atoms with Crippen molar-refractivity contribution in [1.29, 1.82) is 5.26 Å². The van der Waals surface area contributed by atoms with Crippen molar-refractivity contribution < 1.29 is 19.1 Å². The van der Waals surface area contributed by atoms with Crippen molar-refractivity contribution in [2.75, 3.05) is 13.1 Å². The Morgan fingerprint density at radius 2 is 1.72 bits per heavy atom. The number of aliphatic imine (C=N–C) groups is 1. The van der Waals surface area contributed by atoms with Crippen LogP contribution in [0.25, 0.3) is 0 Å². The lowest BCUT2D eigenvalue weighted by molar-refractivity contribution is -0.123. The van der Waals surface area contributed by atoms with Crippen LogP contribution < -0.4 is 21.7 Å². The van der Waals surface area contributed by atoms with Crippen molar-refractivity contribution in [2.24, 2.45) is 16.6 Å². The van der Waals surface area contributed by atoms with E-state index < -0.39 is 29.6 Å². The van der Waals surface area contributed by atoms with E-state index in [2.05, 4.69) is 31.9 Å². The molecule has 2 aromatic carbocycles. The number of nitrogens with zero attached hydrogens (tertiary/aromatic N) is 3. The number of nitriles is 1. The predicted molar refractivity (Wildman–Crippen MR) is 146 cm³/mol. The molecule has 0 spiro atoms. The van der Waals surface area contributed by atoms with Crippen molar-refractivity contribution in [3.63, 3.8) is 0 Å². The van der Waals surface area contributed by atoms with Crippen LogP contribution in [0.2, 0.25) is 0 Å². The van der Waals surface area contributed by atoms with Gasteiger partial charge in [-0.05, 0) is 29.9 Å². The number of rotatable bonds is 9. The Balaban J connectivity index is 1.70. The fourth-order valence-corrected chi connectivity index (χ4v) is 4.29. The third-order valence-corrected chi connectivity index (χ3v) is 6.13. The summed E-state index contributed by atoms with van der Waals surface area (Å²) in [6.07, 6.45) is -0.126. The minimum Gasteiger partial charge on any atom is -0.444 e. The zero-order valence-corrected chi connectivity index (χ0v) is 22.2. The van der Waals surface area contributed by atoms with Gasteiger partial charge in [-0.2, -0.15) is 5.26 Å². The number of nitrogens with one attached hydrogen (secondary N) is 3. The minimum atomic E-state index is -1.09. The molecule has 206 valence electrons. The average Bonchev–Trinajstić information content (AvgIpc) is 3.30. The normalized spacial score (nSPS) is 18.2. The molecule has 0 bridgehead atoms. The van der Waals surface area contributed by atoms with E-state index in [9.17, 15) is 19.6 Å². The van der Waals surface area contributed by atoms with E-state index in [1.54, 1.807) is 12.1 Å². The number of alkyl carbamates (subject to hydrolysis) is 1. The zero-order valence-electron chi connectivity index (χ0n) is 22.2. The van der Waals surface area contributed by atoms with E-state index in [1.807, 2.05) is 62.4 Å². The molecule has 1 aliphatic heterocycles. The number of primary amides is 1. The molecule has 1 aliphatic rings. The highest BCUT2D eigenvalue weighted by atomic mass is 16.5. The number of hydrogen-bond donors (Lipinski definition) is 4. The minimum absolute atomic E-state index is 0.00337. The second-order valence-corrected chi connectivity index (χ2v) is 9.93. The number of urea groups is 1. The fourth-order valence-electron chi connectivity index (χ4n) is 4.29. The molecule has 0 radical (unpaired) electrons. The topological polar surface area (TPSA) is 162 Å². The number of benzene rings is 2. The lowest BCUT2D eigenvalue weighted by Gasteiger charge is -2.26. The van der Waals surface area contributed by atoms with Crippen LogP contribution in [-0.2, 0) is 22.7 Å². The van der Waals surface area contributed by atoms with Crippen molar-refractivity contribution >= 4 is 24.0 Å². The first-order chi connectivity index (χ1) is 18.7. The maximum Gasteiger partial charge on any atom is 0.414 e. The molecule has 2 aromatic rings. The van der Waals surface area contributed by atoms with Crippen LogP contribution in [0.3, 0.4) is 0 Å². The van der Waals surface area contributed by atoms with E-state index in [-0.39, 0.29) is 18.5 Å². The monoisotopic (exact) mass is 533 g/mol. The Morgan fingerprint density at radius 3 is 2.31 bits per heavy atom. The molecule has 1 fully saturated rings.